The lowest BCUT2D eigenvalue weighted by Crippen LogP contribution is -2.45. The molecular formula is C16H25NO. The minimum absolute atomic E-state index is 0.220. The Kier molecular flexibility index (Phi) is 3.67. The molecule has 0 radical (unpaired) electrons. The van der Waals surface area contributed by atoms with Crippen molar-refractivity contribution >= 4 is 0 Å². The second-order valence-electron chi connectivity index (χ2n) is 5.78. The van der Waals surface area contributed by atoms with E-state index in [1.165, 1.54) is 36.0 Å². The van der Waals surface area contributed by atoms with E-state index in [1.54, 1.807) is 7.11 Å². The number of benzene rings is 1. The fourth-order valence-corrected chi connectivity index (χ4v) is 3.19. The van der Waals surface area contributed by atoms with Gasteiger partial charge in [0.25, 0.3) is 0 Å². The molecule has 1 aromatic rings. The Labute approximate surface area is 111 Å². The summed E-state index contributed by atoms with van der Waals surface area (Å²) in [7, 11) is 1.75. The van der Waals surface area contributed by atoms with Crippen molar-refractivity contribution in [1.82, 2.24) is 0 Å². The van der Waals surface area contributed by atoms with Crippen LogP contribution in [0.15, 0.2) is 12.1 Å². The lowest BCUT2D eigenvalue weighted by atomic mass is 9.69. The van der Waals surface area contributed by atoms with Crippen LogP contribution in [0.1, 0.15) is 49.3 Å². The molecule has 0 heterocycles. The topological polar surface area (TPSA) is 35.2 Å². The molecular weight excluding hydrogens is 222 g/mol. The normalized spacial score (nSPS) is 28.2. The summed E-state index contributed by atoms with van der Waals surface area (Å²) >= 11 is 0. The van der Waals surface area contributed by atoms with Gasteiger partial charge in [0, 0.05) is 11.1 Å². The van der Waals surface area contributed by atoms with Gasteiger partial charge in [-0.25, -0.2) is 0 Å². The zero-order valence-electron chi connectivity index (χ0n) is 12.0. The lowest BCUT2D eigenvalue weighted by molar-refractivity contribution is 0.201. The molecule has 0 aromatic heterocycles. The molecule has 2 heteroatoms. The Morgan fingerprint density at radius 2 is 2.00 bits per heavy atom. The third kappa shape index (κ3) is 2.03. The van der Waals surface area contributed by atoms with Gasteiger partial charge in [-0.2, -0.15) is 0 Å². The van der Waals surface area contributed by atoms with E-state index in [0.29, 0.717) is 5.92 Å². The molecule has 0 bridgehead atoms. The minimum atomic E-state index is -0.220. The number of rotatable bonds is 2. The summed E-state index contributed by atoms with van der Waals surface area (Å²) in [6.07, 6.45) is 4.80. The van der Waals surface area contributed by atoms with Crippen molar-refractivity contribution in [2.24, 2.45) is 11.7 Å². The average molecular weight is 247 g/mol. The monoisotopic (exact) mass is 247 g/mol. The summed E-state index contributed by atoms with van der Waals surface area (Å²) in [4.78, 5) is 0. The van der Waals surface area contributed by atoms with Crippen LogP contribution in [-0.2, 0) is 5.54 Å². The van der Waals surface area contributed by atoms with E-state index in [9.17, 15) is 0 Å². The van der Waals surface area contributed by atoms with Gasteiger partial charge in [-0.15, -0.1) is 0 Å². The van der Waals surface area contributed by atoms with Crippen molar-refractivity contribution in [2.75, 3.05) is 7.11 Å². The van der Waals surface area contributed by atoms with Crippen LogP contribution >= 0.6 is 0 Å². The molecule has 1 aliphatic carbocycles. The highest BCUT2D eigenvalue weighted by atomic mass is 16.5. The van der Waals surface area contributed by atoms with Crippen LogP contribution in [0.2, 0.25) is 0 Å². The first-order valence-electron chi connectivity index (χ1n) is 6.94. The van der Waals surface area contributed by atoms with Crippen LogP contribution in [0.4, 0.5) is 0 Å². The van der Waals surface area contributed by atoms with E-state index in [4.69, 9.17) is 10.5 Å². The molecule has 1 aromatic carbocycles. The van der Waals surface area contributed by atoms with Gasteiger partial charge in [0.15, 0.2) is 0 Å². The molecule has 2 rings (SSSR count). The smallest absolute Gasteiger partial charge is 0.127 e. The SMILES string of the molecule is COc1c(C2(N)CCCCC2C)ccc(C)c1C. The highest BCUT2D eigenvalue weighted by molar-refractivity contribution is 5.49. The first kappa shape index (κ1) is 13.4. The maximum Gasteiger partial charge on any atom is 0.127 e. The molecule has 2 N–H and O–H groups in total. The molecule has 0 saturated heterocycles. The fourth-order valence-electron chi connectivity index (χ4n) is 3.19. The van der Waals surface area contributed by atoms with Gasteiger partial charge in [0.2, 0.25) is 0 Å². The van der Waals surface area contributed by atoms with Crippen LogP contribution in [0.5, 0.6) is 5.75 Å². The van der Waals surface area contributed by atoms with E-state index in [2.05, 4.69) is 32.9 Å². The molecule has 1 aliphatic rings. The number of hydrogen-bond acceptors (Lipinski definition) is 2. The van der Waals surface area contributed by atoms with Gasteiger partial charge in [-0.05, 0) is 43.7 Å². The van der Waals surface area contributed by atoms with Crippen LogP contribution in [0.25, 0.3) is 0 Å². The van der Waals surface area contributed by atoms with Gasteiger partial charge in [-0.3, -0.25) is 0 Å². The van der Waals surface area contributed by atoms with Crippen molar-refractivity contribution in [3.05, 3.63) is 28.8 Å². The molecule has 100 valence electrons. The van der Waals surface area contributed by atoms with Gasteiger partial charge >= 0.3 is 0 Å². The van der Waals surface area contributed by atoms with E-state index in [0.717, 1.165) is 12.2 Å². The van der Waals surface area contributed by atoms with E-state index in [-0.39, 0.29) is 5.54 Å². The number of nitrogens with two attached hydrogens (primary N) is 1. The Morgan fingerprint density at radius 3 is 2.61 bits per heavy atom. The van der Waals surface area contributed by atoms with E-state index in [1.807, 2.05) is 0 Å². The zero-order chi connectivity index (χ0) is 13.3. The highest BCUT2D eigenvalue weighted by Crippen LogP contribution is 2.44. The molecule has 0 amide bonds. The molecule has 2 atom stereocenters. The Bertz CT molecular complexity index is 441. The number of ether oxygens (including phenoxy) is 1. The van der Waals surface area contributed by atoms with Crippen LogP contribution in [0.3, 0.4) is 0 Å². The minimum Gasteiger partial charge on any atom is -0.496 e. The Hall–Kier alpha value is -1.02. The third-order valence-corrected chi connectivity index (χ3v) is 4.74. The first-order valence-corrected chi connectivity index (χ1v) is 6.94. The molecule has 2 nitrogen and oxygen atoms in total. The molecule has 0 aliphatic heterocycles. The van der Waals surface area contributed by atoms with Crippen molar-refractivity contribution < 1.29 is 4.74 Å². The van der Waals surface area contributed by atoms with Crippen LogP contribution < -0.4 is 10.5 Å². The summed E-state index contributed by atoms with van der Waals surface area (Å²) in [5, 5.41) is 0. The zero-order valence-corrected chi connectivity index (χ0v) is 12.0. The third-order valence-electron chi connectivity index (χ3n) is 4.74. The summed E-state index contributed by atoms with van der Waals surface area (Å²) in [5.74, 6) is 1.51. The Morgan fingerprint density at radius 1 is 1.28 bits per heavy atom. The highest BCUT2D eigenvalue weighted by Gasteiger charge is 2.38. The van der Waals surface area contributed by atoms with Gasteiger partial charge in [0.1, 0.15) is 5.75 Å². The first-order chi connectivity index (χ1) is 8.50. The van der Waals surface area contributed by atoms with Gasteiger partial charge < -0.3 is 10.5 Å². The average Bonchev–Trinajstić information content (AvgIpc) is 2.36. The van der Waals surface area contributed by atoms with Crippen molar-refractivity contribution in [3.8, 4) is 5.75 Å². The van der Waals surface area contributed by atoms with E-state index < -0.39 is 0 Å². The molecule has 1 saturated carbocycles. The maximum atomic E-state index is 6.74. The number of aryl methyl sites for hydroxylation is 1. The molecule has 2 unspecified atom stereocenters. The molecule has 18 heavy (non-hydrogen) atoms. The Balaban J connectivity index is 2.53. The predicted molar refractivity (Wildman–Crippen MR) is 76.0 cm³/mol. The summed E-state index contributed by atoms with van der Waals surface area (Å²) in [6, 6.07) is 4.34. The second-order valence-corrected chi connectivity index (χ2v) is 5.78. The van der Waals surface area contributed by atoms with Crippen molar-refractivity contribution in [1.29, 1.82) is 0 Å². The van der Waals surface area contributed by atoms with Gasteiger partial charge in [-0.1, -0.05) is 31.9 Å². The summed E-state index contributed by atoms with van der Waals surface area (Å²) in [5.41, 5.74) is 10.2. The van der Waals surface area contributed by atoms with Crippen LogP contribution in [0, 0.1) is 19.8 Å². The predicted octanol–water partition coefficient (Wildman–Crippen LogP) is 3.68. The number of methoxy groups -OCH3 is 1. The van der Waals surface area contributed by atoms with Crippen LogP contribution in [-0.4, -0.2) is 7.11 Å². The van der Waals surface area contributed by atoms with Crippen molar-refractivity contribution in [2.45, 2.75) is 52.0 Å². The van der Waals surface area contributed by atoms with E-state index >= 15 is 0 Å². The number of hydrogen-bond donors (Lipinski definition) is 1. The molecule has 0 spiro atoms. The van der Waals surface area contributed by atoms with Gasteiger partial charge in [0.05, 0.1) is 7.11 Å². The summed E-state index contributed by atoms with van der Waals surface area (Å²) in [6.45, 7) is 6.51. The van der Waals surface area contributed by atoms with Crippen molar-refractivity contribution in [3.63, 3.8) is 0 Å². The summed E-state index contributed by atoms with van der Waals surface area (Å²) < 4.78 is 5.64. The largest absolute Gasteiger partial charge is 0.496 e. The standard InChI is InChI=1S/C16H25NO/c1-11-8-9-14(15(18-4)13(11)3)16(17)10-6-5-7-12(16)2/h8-9,12H,5-7,10,17H2,1-4H3. The quantitative estimate of drug-likeness (QED) is 0.865. The molecule has 1 fully saturated rings. The second kappa shape index (κ2) is 4.93. The lowest BCUT2D eigenvalue weighted by Gasteiger charge is -2.41. The fraction of sp³-hybridized carbons (Fsp3) is 0.625. The maximum absolute atomic E-state index is 6.74.